The van der Waals surface area contributed by atoms with Gasteiger partial charge in [0.05, 0.1) is 11.8 Å². The minimum Gasteiger partial charge on any atom is -0.387 e. The molecule has 0 aliphatic carbocycles. The second kappa shape index (κ2) is 4.63. The summed E-state index contributed by atoms with van der Waals surface area (Å²) in [6.07, 6.45) is 2.62. The van der Waals surface area contributed by atoms with Crippen LogP contribution in [0.1, 0.15) is 32.6 Å². The molecule has 17 heavy (non-hydrogen) atoms. The Morgan fingerprint density at radius 2 is 2.06 bits per heavy atom. The van der Waals surface area contributed by atoms with Crippen LogP contribution < -0.4 is 5.32 Å². The van der Waals surface area contributed by atoms with Crippen molar-refractivity contribution in [2.24, 2.45) is 0 Å². The SMILES string of the molecule is CC(C)Nc1nc([C@@H](C)O)cc2cncnc12. The van der Waals surface area contributed by atoms with Crippen molar-refractivity contribution in [2.75, 3.05) is 5.32 Å². The quantitative estimate of drug-likeness (QED) is 0.845. The van der Waals surface area contributed by atoms with Crippen molar-refractivity contribution in [1.82, 2.24) is 15.0 Å². The Hall–Kier alpha value is -1.75. The summed E-state index contributed by atoms with van der Waals surface area (Å²) in [7, 11) is 0. The molecule has 0 aliphatic rings. The molecule has 0 radical (unpaired) electrons. The number of aliphatic hydroxyl groups is 1. The van der Waals surface area contributed by atoms with Gasteiger partial charge in [-0.05, 0) is 26.8 Å². The number of aromatic nitrogens is 3. The third-order valence-electron chi connectivity index (χ3n) is 2.36. The molecule has 0 saturated heterocycles. The molecule has 0 fully saturated rings. The van der Waals surface area contributed by atoms with Gasteiger partial charge in [0, 0.05) is 17.6 Å². The standard InChI is InChI=1S/C12H16N4O/c1-7(2)15-12-11-9(5-13-6-14-11)4-10(16-12)8(3)17/h4-8,17H,1-3H3,(H,15,16)/t8-/m1/s1. The molecule has 5 nitrogen and oxygen atoms in total. The lowest BCUT2D eigenvalue weighted by Crippen LogP contribution is -2.13. The molecule has 0 aliphatic heterocycles. The first-order valence-electron chi connectivity index (χ1n) is 5.63. The second-order valence-electron chi connectivity index (χ2n) is 4.33. The highest BCUT2D eigenvalue weighted by Gasteiger charge is 2.11. The van der Waals surface area contributed by atoms with E-state index in [9.17, 15) is 5.11 Å². The smallest absolute Gasteiger partial charge is 0.153 e. The highest BCUT2D eigenvalue weighted by atomic mass is 16.3. The molecule has 2 aromatic heterocycles. The number of rotatable bonds is 3. The number of nitrogens with zero attached hydrogens (tertiary/aromatic N) is 3. The van der Waals surface area contributed by atoms with Gasteiger partial charge in [-0.25, -0.2) is 15.0 Å². The molecule has 5 heteroatoms. The average molecular weight is 232 g/mol. The third-order valence-corrected chi connectivity index (χ3v) is 2.36. The predicted molar refractivity (Wildman–Crippen MR) is 66.7 cm³/mol. The zero-order chi connectivity index (χ0) is 12.4. The molecule has 0 spiro atoms. The van der Waals surface area contributed by atoms with Crippen LogP contribution in [0, 0.1) is 0 Å². The Balaban J connectivity index is 2.60. The molecule has 0 bridgehead atoms. The van der Waals surface area contributed by atoms with Gasteiger partial charge in [0.1, 0.15) is 11.8 Å². The topological polar surface area (TPSA) is 70.9 Å². The van der Waals surface area contributed by atoms with E-state index < -0.39 is 6.10 Å². The van der Waals surface area contributed by atoms with E-state index in [4.69, 9.17) is 0 Å². The molecular formula is C12H16N4O. The van der Waals surface area contributed by atoms with Crippen LogP contribution in [-0.2, 0) is 0 Å². The van der Waals surface area contributed by atoms with Crippen LogP contribution >= 0.6 is 0 Å². The maximum absolute atomic E-state index is 9.61. The van der Waals surface area contributed by atoms with E-state index in [1.165, 1.54) is 6.33 Å². The van der Waals surface area contributed by atoms with E-state index in [0.717, 1.165) is 10.9 Å². The van der Waals surface area contributed by atoms with E-state index >= 15 is 0 Å². The van der Waals surface area contributed by atoms with Gasteiger partial charge >= 0.3 is 0 Å². The number of anilines is 1. The van der Waals surface area contributed by atoms with Crippen molar-refractivity contribution in [1.29, 1.82) is 0 Å². The van der Waals surface area contributed by atoms with Crippen LogP contribution in [0.25, 0.3) is 10.9 Å². The molecule has 90 valence electrons. The molecule has 1 atom stereocenters. The fourth-order valence-electron chi connectivity index (χ4n) is 1.61. The lowest BCUT2D eigenvalue weighted by molar-refractivity contribution is 0.194. The fourth-order valence-corrected chi connectivity index (χ4v) is 1.61. The zero-order valence-corrected chi connectivity index (χ0v) is 10.2. The van der Waals surface area contributed by atoms with Gasteiger partial charge in [-0.2, -0.15) is 0 Å². The first-order chi connectivity index (χ1) is 8.08. The van der Waals surface area contributed by atoms with Crippen molar-refractivity contribution in [3.05, 3.63) is 24.3 Å². The normalized spacial score (nSPS) is 13.0. The molecule has 0 unspecified atom stereocenters. The van der Waals surface area contributed by atoms with Crippen LogP contribution in [0.4, 0.5) is 5.82 Å². The number of hydrogen-bond acceptors (Lipinski definition) is 5. The Morgan fingerprint density at radius 3 is 2.71 bits per heavy atom. The van der Waals surface area contributed by atoms with Gasteiger partial charge in [-0.15, -0.1) is 0 Å². The summed E-state index contributed by atoms with van der Waals surface area (Å²) in [5.74, 6) is 0.691. The summed E-state index contributed by atoms with van der Waals surface area (Å²) in [5.41, 5.74) is 1.40. The number of aliphatic hydroxyl groups excluding tert-OH is 1. The predicted octanol–water partition coefficient (Wildman–Crippen LogP) is 1.90. The summed E-state index contributed by atoms with van der Waals surface area (Å²) < 4.78 is 0. The lowest BCUT2D eigenvalue weighted by Gasteiger charge is -2.13. The summed E-state index contributed by atoms with van der Waals surface area (Å²) in [4.78, 5) is 12.6. The van der Waals surface area contributed by atoms with Crippen molar-refractivity contribution in [2.45, 2.75) is 32.9 Å². The molecule has 0 aromatic carbocycles. The fraction of sp³-hybridized carbons (Fsp3) is 0.417. The van der Waals surface area contributed by atoms with E-state index in [1.807, 2.05) is 19.9 Å². The van der Waals surface area contributed by atoms with Crippen molar-refractivity contribution in [3.63, 3.8) is 0 Å². The average Bonchev–Trinajstić information content (AvgIpc) is 2.28. The Morgan fingerprint density at radius 1 is 1.29 bits per heavy atom. The number of hydrogen-bond donors (Lipinski definition) is 2. The summed E-state index contributed by atoms with van der Waals surface area (Å²) in [6.45, 7) is 5.75. The van der Waals surface area contributed by atoms with Gasteiger partial charge in [-0.3, -0.25) is 0 Å². The monoisotopic (exact) mass is 232 g/mol. The summed E-state index contributed by atoms with van der Waals surface area (Å²) in [5, 5.41) is 13.7. The van der Waals surface area contributed by atoms with E-state index in [2.05, 4.69) is 20.3 Å². The first kappa shape index (κ1) is 11.7. The molecule has 0 saturated carbocycles. The number of nitrogens with one attached hydrogen (secondary N) is 1. The van der Waals surface area contributed by atoms with Gasteiger partial charge in [0.2, 0.25) is 0 Å². The Bertz CT molecular complexity index is 525. The van der Waals surface area contributed by atoms with Crippen molar-refractivity contribution in [3.8, 4) is 0 Å². The van der Waals surface area contributed by atoms with Gasteiger partial charge < -0.3 is 10.4 Å². The minimum absolute atomic E-state index is 0.255. The van der Waals surface area contributed by atoms with Crippen LogP contribution in [0.5, 0.6) is 0 Å². The number of fused-ring (bicyclic) bond motifs is 1. The van der Waals surface area contributed by atoms with E-state index in [-0.39, 0.29) is 6.04 Å². The Kier molecular flexibility index (Phi) is 3.19. The second-order valence-corrected chi connectivity index (χ2v) is 4.33. The first-order valence-corrected chi connectivity index (χ1v) is 5.63. The molecule has 2 N–H and O–H groups in total. The van der Waals surface area contributed by atoms with Crippen LogP contribution in [0.3, 0.4) is 0 Å². The zero-order valence-electron chi connectivity index (χ0n) is 10.2. The number of pyridine rings is 1. The third kappa shape index (κ3) is 2.50. The van der Waals surface area contributed by atoms with Crippen molar-refractivity contribution < 1.29 is 5.11 Å². The van der Waals surface area contributed by atoms with Gasteiger partial charge in [0.25, 0.3) is 0 Å². The summed E-state index contributed by atoms with van der Waals surface area (Å²) in [6, 6.07) is 2.07. The van der Waals surface area contributed by atoms with Crippen LogP contribution in [0.15, 0.2) is 18.6 Å². The van der Waals surface area contributed by atoms with Gasteiger partial charge in [-0.1, -0.05) is 0 Å². The molecule has 0 amide bonds. The molecule has 2 rings (SSSR count). The molecular weight excluding hydrogens is 216 g/mol. The molecule has 2 heterocycles. The Labute approximate surface area is 99.9 Å². The van der Waals surface area contributed by atoms with Gasteiger partial charge in [0.15, 0.2) is 5.82 Å². The summed E-state index contributed by atoms with van der Waals surface area (Å²) >= 11 is 0. The van der Waals surface area contributed by atoms with E-state index in [0.29, 0.717) is 11.5 Å². The minimum atomic E-state index is -0.604. The highest BCUT2D eigenvalue weighted by Crippen LogP contribution is 2.23. The maximum atomic E-state index is 9.61. The van der Waals surface area contributed by atoms with Crippen LogP contribution in [-0.4, -0.2) is 26.1 Å². The maximum Gasteiger partial charge on any atom is 0.153 e. The highest BCUT2D eigenvalue weighted by molar-refractivity contribution is 5.87. The molecule has 2 aromatic rings. The van der Waals surface area contributed by atoms with E-state index in [1.54, 1.807) is 13.1 Å². The van der Waals surface area contributed by atoms with Crippen LogP contribution in [0.2, 0.25) is 0 Å². The lowest BCUT2D eigenvalue weighted by atomic mass is 10.2. The largest absolute Gasteiger partial charge is 0.387 e. The van der Waals surface area contributed by atoms with Crippen molar-refractivity contribution >= 4 is 16.7 Å².